The first kappa shape index (κ1) is 12.7. The lowest BCUT2D eigenvalue weighted by molar-refractivity contribution is 0.0992. The Kier molecular flexibility index (Phi) is 3.72. The molecule has 18 heavy (non-hydrogen) atoms. The van der Waals surface area contributed by atoms with E-state index in [0.717, 1.165) is 0 Å². The van der Waals surface area contributed by atoms with Crippen LogP contribution >= 0.6 is 15.9 Å². The molecular formula is C13H10BrFN2O. The van der Waals surface area contributed by atoms with E-state index >= 15 is 0 Å². The van der Waals surface area contributed by atoms with Crippen LogP contribution in [0.5, 0.6) is 0 Å². The van der Waals surface area contributed by atoms with Crippen molar-refractivity contribution in [2.45, 2.75) is 6.42 Å². The van der Waals surface area contributed by atoms with Gasteiger partial charge in [0.15, 0.2) is 5.78 Å². The quantitative estimate of drug-likeness (QED) is 0.887. The van der Waals surface area contributed by atoms with Crippen LogP contribution < -0.4 is 5.73 Å². The number of carbonyl (C=O) groups is 1. The van der Waals surface area contributed by atoms with E-state index in [1.54, 1.807) is 18.3 Å². The van der Waals surface area contributed by atoms with E-state index in [4.69, 9.17) is 5.73 Å². The summed E-state index contributed by atoms with van der Waals surface area (Å²) in [5.41, 5.74) is 6.61. The number of nitrogens with two attached hydrogens (primary N) is 1. The van der Waals surface area contributed by atoms with Crippen LogP contribution in [0.25, 0.3) is 0 Å². The Morgan fingerprint density at radius 2 is 2.17 bits per heavy atom. The number of rotatable bonds is 3. The van der Waals surface area contributed by atoms with Crippen LogP contribution in [0.15, 0.2) is 41.0 Å². The van der Waals surface area contributed by atoms with Gasteiger partial charge in [0, 0.05) is 28.2 Å². The Balaban J connectivity index is 2.28. The molecule has 2 N–H and O–H groups in total. The molecule has 1 heterocycles. The van der Waals surface area contributed by atoms with Crippen molar-refractivity contribution in [3.8, 4) is 0 Å². The minimum absolute atomic E-state index is 0.0989. The number of halogens is 2. The number of hydrogen-bond donors (Lipinski definition) is 1. The largest absolute Gasteiger partial charge is 0.383 e. The molecule has 3 nitrogen and oxygen atoms in total. The van der Waals surface area contributed by atoms with E-state index in [0.29, 0.717) is 21.4 Å². The molecule has 1 aromatic heterocycles. The Labute approximate surface area is 112 Å². The minimum atomic E-state index is -0.444. The topological polar surface area (TPSA) is 56.0 Å². The third-order valence-corrected chi connectivity index (χ3v) is 3.20. The summed E-state index contributed by atoms with van der Waals surface area (Å²) in [5.74, 6) is -0.333. The van der Waals surface area contributed by atoms with Crippen molar-refractivity contribution < 1.29 is 9.18 Å². The summed E-state index contributed by atoms with van der Waals surface area (Å²) in [4.78, 5) is 16.0. The number of nitrogens with zero attached hydrogens (tertiary/aromatic N) is 1. The lowest BCUT2D eigenvalue weighted by atomic mass is 10.0. The Morgan fingerprint density at radius 1 is 1.39 bits per heavy atom. The van der Waals surface area contributed by atoms with Crippen LogP contribution in [0.3, 0.4) is 0 Å². The molecule has 0 saturated carbocycles. The van der Waals surface area contributed by atoms with Gasteiger partial charge in [-0.05, 0) is 24.3 Å². The van der Waals surface area contributed by atoms with Crippen LogP contribution in [0.2, 0.25) is 0 Å². The second-order valence-corrected chi connectivity index (χ2v) is 4.63. The van der Waals surface area contributed by atoms with Gasteiger partial charge in [-0.2, -0.15) is 0 Å². The van der Waals surface area contributed by atoms with Crippen molar-refractivity contribution in [3.63, 3.8) is 0 Å². The van der Waals surface area contributed by atoms with Crippen molar-refractivity contribution in [3.05, 3.63) is 57.9 Å². The average molecular weight is 309 g/mol. The molecule has 0 aliphatic heterocycles. The molecule has 5 heteroatoms. The summed E-state index contributed by atoms with van der Waals surface area (Å²) >= 11 is 3.23. The zero-order valence-electron chi connectivity index (χ0n) is 9.36. The van der Waals surface area contributed by atoms with Gasteiger partial charge >= 0.3 is 0 Å². The maximum absolute atomic E-state index is 13.1. The first-order chi connectivity index (χ1) is 8.58. The van der Waals surface area contributed by atoms with Gasteiger partial charge in [0.05, 0.1) is 0 Å². The van der Waals surface area contributed by atoms with E-state index in [1.807, 2.05) is 0 Å². The summed E-state index contributed by atoms with van der Waals surface area (Å²) in [5, 5.41) is 0. The summed E-state index contributed by atoms with van der Waals surface area (Å²) < 4.78 is 13.7. The molecule has 0 fully saturated rings. The van der Waals surface area contributed by atoms with Crippen molar-refractivity contribution in [1.82, 2.24) is 4.98 Å². The Morgan fingerprint density at radius 3 is 2.89 bits per heavy atom. The third kappa shape index (κ3) is 2.73. The van der Waals surface area contributed by atoms with Crippen molar-refractivity contribution in [2.24, 2.45) is 0 Å². The molecule has 0 amide bonds. The van der Waals surface area contributed by atoms with Gasteiger partial charge in [-0.25, -0.2) is 9.37 Å². The number of Topliss-reactive ketones (excluding diaryl/α,β-unsaturated/α-hetero) is 1. The predicted molar refractivity (Wildman–Crippen MR) is 70.8 cm³/mol. The molecule has 92 valence electrons. The highest BCUT2D eigenvalue weighted by atomic mass is 79.9. The number of ketones is 1. The first-order valence-corrected chi connectivity index (χ1v) is 6.05. The molecular weight excluding hydrogens is 299 g/mol. The van der Waals surface area contributed by atoms with Gasteiger partial charge in [0.1, 0.15) is 11.6 Å². The van der Waals surface area contributed by atoms with Gasteiger partial charge in [-0.1, -0.05) is 22.0 Å². The fourth-order valence-electron chi connectivity index (χ4n) is 1.58. The fourth-order valence-corrected chi connectivity index (χ4v) is 2.05. The molecule has 0 bridgehead atoms. The number of anilines is 1. The van der Waals surface area contributed by atoms with Gasteiger partial charge in [-0.15, -0.1) is 0 Å². The lowest BCUT2D eigenvalue weighted by Gasteiger charge is -2.05. The number of carbonyl (C=O) groups excluding carboxylic acids is 1. The molecule has 0 unspecified atom stereocenters. The van der Waals surface area contributed by atoms with E-state index in [2.05, 4.69) is 20.9 Å². The summed E-state index contributed by atoms with van der Waals surface area (Å²) in [6, 6.07) is 7.44. The molecule has 0 atom stereocenters. The summed E-state index contributed by atoms with van der Waals surface area (Å²) in [6.07, 6.45) is 1.66. The summed E-state index contributed by atoms with van der Waals surface area (Å²) in [7, 11) is 0. The second-order valence-electron chi connectivity index (χ2n) is 3.77. The number of nitrogen functional groups attached to an aromatic ring is 1. The first-order valence-electron chi connectivity index (χ1n) is 5.25. The molecule has 2 rings (SSSR count). The molecule has 0 saturated heterocycles. The van der Waals surface area contributed by atoms with Crippen molar-refractivity contribution >= 4 is 27.5 Å². The van der Waals surface area contributed by atoms with E-state index in [9.17, 15) is 9.18 Å². The summed E-state index contributed by atoms with van der Waals surface area (Å²) in [6.45, 7) is 0. The van der Waals surface area contributed by atoms with Crippen LogP contribution in [-0.4, -0.2) is 10.8 Å². The second kappa shape index (κ2) is 5.27. The van der Waals surface area contributed by atoms with Crippen molar-refractivity contribution in [2.75, 3.05) is 5.73 Å². The van der Waals surface area contributed by atoms with Gasteiger partial charge < -0.3 is 5.73 Å². The highest BCUT2D eigenvalue weighted by molar-refractivity contribution is 9.10. The molecule has 0 spiro atoms. The average Bonchev–Trinajstić information content (AvgIpc) is 2.35. The lowest BCUT2D eigenvalue weighted by Crippen LogP contribution is -2.07. The van der Waals surface area contributed by atoms with Gasteiger partial charge in [-0.3, -0.25) is 4.79 Å². The Hall–Kier alpha value is -1.75. The normalized spacial score (nSPS) is 10.3. The molecule has 0 aliphatic carbocycles. The SMILES string of the molecule is Nc1ncccc1CC(=O)c1cc(F)ccc1Br. The zero-order valence-corrected chi connectivity index (χ0v) is 10.9. The Bertz CT molecular complexity index is 601. The highest BCUT2D eigenvalue weighted by Crippen LogP contribution is 2.20. The fraction of sp³-hybridized carbons (Fsp3) is 0.0769. The van der Waals surface area contributed by atoms with E-state index < -0.39 is 5.82 Å². The van der Waals surface area contributed by atoms with Crippen molar-refractivity contribution in [1.29, 1.82) is 0 Å². The molecule has 0 radical (unpaired) electrons. The maximum Gasteiger partial charge on any atom is 0.168 e. The van der Waals surface area contributed by atoms with E-state index in [1.165, 1.54) is 18.2 Å². The number of benzene rings is 1. The standard InChI is InChI=1S/C13H10BrFN2O/c14-11-4-3-9(15)7-10(11)12(18)6-8-2-1-5-17-13(8)16/h1-5,7H,6H2,(H2,16,17). The molecule has 2 aromatic rings. The number of pyridine rings is 1. The highest BCUT2D eigenvalue weighted by Gasteiger charge is 2.13. The van der Waals surface area contributed by atoms with Crippen LogP contribution in [0, 0.1) is 5.82 Å². The van der Waals surface area contributed by atoms with Crippen LogP contribution in [0.4, 0.5) is 10.2 Å². The molecule has 0 aliphatic rings. The number of hydrogen-bond acceptors (Lipinski definition) is 3. The minimum Gasteiger partial charge on any atom is -0.383 e. The van der Waals surface area contributed by atoms with E-state index in [-0.39, 0.29) is 12.2 Å². The molecule has 1 aromatic carbocycles. The smallest absolute Gasteiger partial charge is 0.168 e. The monoisotopic (exact) mass is 308 g/mol. The third-order valence-electron chi connectivity index (χ3n) is 2.51. The van der Waals surface area contributed by atoms with Gasteiger partial charge in [0.2, 0.25) is 0 Å². The zero-order chi connectivity index (χ0) is 13.1. The van der Waals surface area contributed by atoms with Crippen LogP contribution in [0.1, 0.15) is 15.9 Å². The van der Waals surface area contributed by atoms with Crippen LogP contribution in [-0.2, 0) is 6.42 Å². The predicted octanol–water partition coefficient (Wildman–Crippen LogP) is 2.99. The number of aromatic nitrogens is 1. The van der Waals surface area contributed by atoms with Gasteiger partial charge in [0.25, 0.3) is 0 Å². The maximum atomic E-state index is 13.1.